The minimum Gasteiger partial charge on any atom is -0.313 e. The largest absolute Gasteiger partial charge is 0.332 e. The number of hydrogen-bond acceptors (Lipinski definition) is 4. The van der Waals surface area contributed by atoms with Crippen LogP contribution in [0.2, 0.25) is 0 Å². The second-order valence-corrected chi connectivity index (χ2v) is 7.90. The minimum atomic E-state index is -0.452. The van der Waals surface area contributed by atoms with Crippen molar-refractivity contribution in [2.24, 2.45) is 7.05 Å². The quantitative estimate of drug-likeness (QED) is 0.498. The fourth-order valence-electron chi connectivity index (χ4n) is 3.79. The highest BCUT2D eigenvalue weighted by atomic mass is 19.1. The average molecular weight is 412 g/mol. The first-order valence-electron chi connectivity index (χ1n) is 9.77. The van der Waals surface area contributed by atoms with Crippen molar-refractivity contribution in [3.05, 3.63) is 67.9 Å². The highest BCUT2D eigenvalue weighted by molar-refractivity contribution is 5.76. The minimum absolute atomic E-state index is 0.0638. The summed E-state index contributed by atoms with van der Waals surface area (Å²) in [4.78, 5) is 33.0. The summed E-state index contributed by atoms with van der Waals surface area (Å²) in [7, 11) is 5.62. The molecule has 0 fully saturated rings. The predicted octanol–water partition coefficient (Wildman–Crippen LogP) is 1.52. The van der Waals surface area contributed by atoms with Gasteiger partial charge in [0.25, 0.3) is 5.56 Å². The van der Waals surface area contributed by atoms with Crippen LogP contribution in [0, 0.1) is 19.7 Å². The number of aromatic nitrogens is 5. The highest BCUT2D eigenvalue weighted by Crippen LogP contribution is 2.20. The van der Waals surface area contributed by atoms with Crippen LogP contribution in [-0.2, 0) is 20.1 Å². The summed E-state index contributed by atoms with van der Waals surface area (Å²) in [6.45, 7) is 5.56. The third-order valence-corrected chi connectivity index (χ3v) is 5.65. The Labute approximate surface area is 172 Å². The van der Waals surface area contributed by atoms with Gasteiger partial charge in [0, 0.05) is 31.5 Å². The maximum absolute atomic E-state index is 13.4. The normalized spacial score (nSPS) is 12.0. The van der Waals surface area contributed by atoms with Crippen LogP contribution in [-0.4, -0.2) is 48.6 Å². The number of hydrogen-bond donors (Lipinski definition) is 0. The van der Waals surface area contributed by atoms with E-state index in [4.69, 9.17) is 0 Å². The molecule has 3 heterocycles. The van der Waals surface area contributed by atoms with Crippen LogP contribution >= 0.6 is 0 Å². The Morgan fingerprint density at radius 3 is 2.33 bits per heavy atom. The SMILES string of the molecule is Cc1c(C)n2c3c(=O)n(Cc4ccc(F)cc4)c(=O)n(C)c3nc2n1CCN(C)C. The lowest BCUT2D eigenvalue weighted by Crippen LogP contribution is -2.39. The van der Waals surface area contributed by atoms with E-state index in [1.165, 1.54) is 21.3 Å². The van der Waals surface area contributed by atoms with Gasteiger partial charge in [0.1, 0.15) is 5.82 Å². The number of fused-ring (bicyclic) bond motifs is 3. The van der Waals surface area contributed by atoms with Gasteiger partial charge >= 0.3 is 5.69 Å². The van der Waals surface area contributed by atoms with Gasteiger partial charge in [-0.05, 0) is 45.6 Å². The molecule has 0 N–H and O–H groups in total. The van der Waals surface area contributed by atoms with Crippen LogP contribution in [0.1, 0.15) is 17.0 Å². The van der Waals surface area contributed by atoms with Crippen molar-refractivity contribution < 1.29 is 4.39 Å². The molecule has 0 spiro atoms. The third kappa shape index (κ3) is 3.06. The average Bonchev–Trinajstić information content (AvgIpc) is 3.20. The summed E-state index contributed by atoms with van der Waals surface area (Å²) >= 11 is 0. The van der Waals surface area contributed by atoms with Crippen LogP contribution in [0.15, 0.2) is 33.9 Å². The van der Waals surface area contributed by atoms with Gasteiger partial charge in [0.2, 0.25) is 5.78 Å². The van der Waals surface area contributed by atoms with Gasteiger partial charge in [-0.25, -0.2) is 9.18 Å². The van der Waals surface area contributed by atoms with E-state index in [9.17, 15) is 14.0 Å². The number of halogens is 1. The van der Waals surface area contributed by atoms with Gasteiger partial charge in [0.15, 0.2) is 11.2 Å². The van der Waals surface area contributed by atoms with Crippen molar-refractivity contribution in [2.75, 3.05) is 20.6 Å². The molecule has 9 heteroatoms. The summed E-state index contributed by atoms with van der Waals surface area (Å²) in [6.07, 6.45) is 0. The number of rotatable bonds is 5. The lowest BCUT2D eigenvalue weighted by molar-refractivity contribution is 0.384. The molecular formula is C21H25FN6O2. The van der Waals surface area contributed by atoms with Crippen LogP contribution in [0.5, 0.6) is 0 Å². The lowest BCUT2D eigenvalue weighted by atomic mass is 10.2. The molecule has 0 atom stereocenters. The second kappa shape index (κ2) is 7.24. The van der Waals surface area contributed by atoms with Gasteiger partial charge in [-0.3, -0.25) is 18.3 Å². The molecule has 0 radical (unpaired) electrons. The summed E-state index contributed by atoms with van der Waals surface area (Å²) in [5, 5.41) is 0. The lowest BCUT2D eigenvalue weighted by Gasteiger charge is -2.11. The molecule has 158 valence electrons. The first-order valence-corrected chi connectivity index (χ1v) is 9.77. The summed E-state index contributed by atoms with van der Waals surface area (Å²) in [5.74, 6) is 0.283. The summed E-state index contributed by atoms with van der Waals surface area (Å²) in [6, 6.07) is 5.78. The van der Waals surface area contributed by atoms with E-state index in [-0.39, 0.29) is 12.4 Å². The Hall–Kier alpha value is -3.20. The standard InChI is InChI=1S/C21H25FN6O2/c1-13-14(2)28-17-18(23-20(28)26(13)11-10-24(3)4)25(5)21(30)27(19(17)29)12-15-6-8-16(22)9-7-15/h6-9H,10-12H2,1-5H3. The van der Waals surface area contributed by atoms with Crippen molar-refractivity contribution >= 4 is 16.9 Å². The number of aryl methyl sites for hydroxylation is 2. The first kappa shape index (κ1) is 20.1. The van der Waals surface area contributed by atoms with E-state index in [2.05, 4.69) is 14.5 Å². The molecule has 0 saturated carbocycles. The van der Waals surface area contributed by atoms with E-state index in [0.29, 0.717) is 22.5 Å². The van der Waals surface area contributed by atoms with Gasteiger partial charge < -0.3 is 9.47 Å². The van der Waals surface area contributed by atoms with Crippen LogP contribution in [0.25, 0.3) is 16.9 Å². The molecule has 0 saturated heterocycles. The van der Waals surface area contributed by atoms with E-state index in [0.717, 1.165) is 24.5 Å². The molecule has 4 aromatic rings. The Morgan fingerprint density at radius 1 is 1.03 bits per heavy atom. The molecule has 0 bridgehead atoms. The molecule has 0 unspecified atom stereocenters. The fourth-order valence-corrected chi connectivity index (χ4v) is 3.79. The Balaban J connectivity index is 1.97. The molecule has 0 aliphatic carbocycles. The zero-order valence-corrected chi connectivity index (χ0v) is 17.8. The van der Waals surface area contributed by atoms with E-state index < -0.39 is 11.2 Å². The van der Waals surface area contributed by atoms with Crippen LogP contribution in [0.3, 0.4) is 0 Å². The molecule has 0 aliphatic heterocycles. The van der Waals surface area contributed by atoms with Crippen molar-refractivity contribution in [1.29, 1.82) is 0 Å². The maximum Gasteiger partial charge on any atom is 0.332 e. The molecule has 30 heavy (non-hydrogen) atoms. The Morgan fingerprint density at radius 2 is 1.70 bits per heavy atom. The zero-order valence-electron chi connectivity index (χ0n) is 17.8. The van der Waals surface area contributed by atoms with E-state index in [1.54, 1.807) is 19.2 Å². The first-order chi connectivity index (χ1) is 14.2. The van der Waals surface area contributed by atoms with Crippen molar-refractivity contribution in [3.8, 4) is 0 Å². The zero-order chi connectivity index (χ0) is 21.7. The van der Waals surface area contributed by atoms with Crippen LogP contribution < -0.4 is 11.2 Å². The van der Waals surface area contributed by atoms with Gasteiger partial charge in [-0.1, -0.05) is 12.1 Å². The van der Waals surface area contributed by atoms with Gasteiger partial charge in [-0.15, -0.1) is 0 Å². The number of likely N-dealkylation sites (N-methyl/N-ethyl adjacent to an activating group) is 1. The van der Waals surface area contributed by atoms with E-state index >= 15 is 0 Å². The Kier molecular flexibility index (Phi) is 4.85. The molecule has 4 rings (SSSR count). The van der Waals surface area contributed by atoms with E-state index in [1.807, 2.05) is 32.3 Å². The topological polar surface area (TPSA) is 69.5 Å². The van der Waals surface area contributed by atoms with Crippen molar-refractivity contribution in [1.82, 2.24) is 28.0 Å². The van der Waals surface area contributed by atoms with Crippen molar-refractivity contribution in [3.63, 3.8) is 0 Å². The predicted molar refractivity (Wildman–Crippen MR) is 114 cm³/mol. The smallest absolute Gasteiger partial charge is 0.313 e. The molecule has 8 nitrogen and oxygen atoms in total. The third-order valence-electron chi connectivity index (χ3n) is 5.65. The Bertz CT molecular complexity index is 1370. The monoisotopic (exact) mass is 412 g/mol. The fraction of sp³-hybridized carbons (Fsp3) is 0.381. The maximum atomic E-state index is 13.4. The second-order valence-electron chi connectivity index (χ2n) is 7.90. The van der Waals surface area contributed by atoms with Gasteiger partial charge in [0.05, 0.1) is 6.54 Å². The van der Waals surface area contributed by atoms with Crippen molar-refractivity contribution in [2.45, 2.75) is 26.9 Å². The summed E-state index contributed by atoms with van der Waals surface area (Å²) < 4.78 is 19.7. The molecular weight excluding hydrogens is 387 g/mol. The van der Waals surface area contributed by atoms with Crippen LogP contribution in [0.4, 0.5) is 4.39 Å². The summed E-state index contributed by atoms with van der Waals surface area (Å²) in [5.41, 5.74) is 2.49. The number of benzene rings is 1. The molecule has 1 aromatic carbocycles. The highest BCUT2D eigenvalue weighted by Gasteiger charge is 2.22. The van der Waals surface area contributed by atoms with Gasteiger partial charge in [-0.2, -0.15) is 4.98 Å². The molecule has 3 aromatic heterocycles. The molecule has 0 amide bonds. The molecule has 0 aliphatic rings. The number of nitrogens with zero attached hydrogens (tertiary/aromatic N) is 6. The number of imidazole rings is 2.